The van der Waals surface area contributed by atoms with Gasteiger partial charge in [0.2, 0.25) is 0 Å². The zero-order chi connectivity index (χ0) is 13.1. The molecule has 0 fully saturated rings. The van der Waals surface area contributed by atoms with Crippen LogP contribution in [0.1, 0.15) is 15.9 Å². The van der Waals surface area contributed by atoms with Crippen molar-refractivity contribution >= 4 is 21.9 Å². The average Bonchev–Trinajstić information content (AvgIpc) is 2.32. The largest absolute Gasteiger partial charge is 0.423 e. The van der Waals surface area contributed by atoms with Crippen molar-refractivity contribution in [2.75, 3.05) is 0 Å². The zero-order valence-electron chi connectivity index (χ0n) is 9.61. The Morgan fingerprint density at radius 1 is 1.17 bits per heavy atom. The number of carbonyl (C=O) groups is 1. The van der Waals surface area contributed by atoms with Crippen molar-refractivity contribution in [2.45, 2.75) is 6.92 Å². The molecule has 2 aromatic rings. The van der Waals surface area contributed by atoms with Crippen molar-refractivity contribution in [1.82, 2.24) is 0 Å². The Labute approximate surface area is 113 Å². The van der Waals surface area contributed by atoms with E-state index in [0.717, 1.165) is 5.56 Å². The van der Waals surface area contributed by atoms with Gasteiger partial charge in [0.1, 0.15) is 11.6 Å². The van der Waals surface area contributed by atoms with Gasteiger partial charge in [0.05, 0.1) is 5.56 Å². The Hall–Kier alpha value is -1.68. The van der Waals surface area contributed by atoms with Crippen molar-refractivity contribution in [1.29, 1.82) is 0 Å². The number of benzene rings is 2. The van der Waals surface area contributed by atoms with E-state index in [4.69, 9.17) is 4.74 Å². The fraction of sp³-hybridized carbons (Fsp3) is 0.0714. The fourth-order valence-corrected chi connectivity index (χ4v) is 1.76. The number of hydrogen-bond donors (Lipinski definition) is 0. The maximum atomic E-state index is 13.5. The predicted molar refractivity (Wildman–Crippen MR) is 70.2 cm³/mol. The molecule has 92 valence electrons. The van der Waals surface area contributed by atoms with Crippen LogP contribution in [0.5, 0.6) is 5.75 Å². The highest BCUT2D eigenvalue weighted by Crippen LogP contribution is 2.18. The van der Waals surface area contributed by atoms with Gasteiger partial charge in [-0.25, -0.2) is 9.18 Å². The van der Waals surface area contributed by atoms with E-state index in [1.165, 1.54) is 12.1 Å². The number of esters is 1. The highest BCUT2D eigenvalue weighted by molar-refractivity contribution is 9.10. The summed E-state index contributed by atoms with van der Waals surface area (Å²) in [5, 5.41) is 0. The molecule has 0 atom stereocenters. The van der Waals surface area contributed by atoms with Crippen molar-refractivity contribution in [3.63, 3.8) is 0 Å². The molecule has 0 heterocycles. The van der Waals surface area contributed by atoms with Gasteiger partial charge in [-0.3, -0.25) is 0 Å². The molecule has 0 saturated heterocycles. The van der Waals surface area contributed by atoms with Gasteiger partial charge in [-0.15, -0.1) is 0 Å². The van der Waals surface area contributed by atoms with Gasteiger partial charge < -0.3 is 4.74 Å². The van der Waals surface area contributed by atoms with Gasteiger partial charge in [-0.1, -0.05) is 33.6 Å². The van der Waals surface area contributed by atoms with Crippen molar-refractivity contribution in [3.05, 3.63) is 63.9 Å². The standard InChI is InChI=1S/C14H10BrFO2/c1-9-2-5-11(6-3-9)18-14(17)12-7-4-10(15)8-13(12)16/h2-8H,1H3. The summed E-state index contributed by atoms with van der Waals surface area (Å²) in [5.74, 6) is -0.918. The third-order valence-corrected chi connectivity index (χ3v) is 2.88. The molecule has 2 aromatic carbocycles. The molecule has 0 aliphatic rings. The second-order valence-corrected chi connectivity index (χ2v) is 4.74. The molecule has 0 unspecified atom stereocenters. The second kappa shape index (κ2) is 5.31. The van der Waals surface area contributed by atoms with Gasteiger partial charge in [0.15, 0.2) is 0 Å². The van der Waals surface area contributed by atoms with Gasteiger partial charge in [-0.2, -0.15) is 0 Å². The number of halogens is 2. The number of rotatable bonds is 2. The monoisotopic (exact) mass is 308 g/mol. The van der Waals surface area contributed by atoms with Crippen LogP contribution in [0.2, 0.25) is 0 Å². The summed E-state index contributed by atoms with van der Waals surface area (Å²) in [6.45, 7) is 1.93. The lowest BCUT2D eigenvalue weighted by Crippen LogP contribution is -2.10. The summed E-state index contributed by atoms with van der Waals surface area (Å²) in [6.07, 6.45) is 0. The zero-order valence-corrected chi connectivity index (χ0v) is 11.2. The molecule has 0 aromatic heterocycles. The van der Waals surface area contributed by atoms with Crippen molar-refractivity contribution in [3.8, 4) is 5.75 Å². The maximum Gasteiger partial charge on any atom is 0.346 e. The molecule has 0 saturated carbocycles. The minimum absolute atomic E-state index is 0.0845. The smallest absolute Gasteiger partial charge is 0.346 e. The second-order valence-electron chi connectivity index (χ2n) is 3.83. The highest BCUT2D eigenvalue weighted by atomic mass is 79.9. The molecule has 0 aliphatic heterocycles. The van der Waals surface area contributed by atoms with Crippen LogP contribution in [0, 0.1) is 12.7 Å². The average molecular weight is 309 g/mol. The van der Waals surface area contributed by atoms with E-state index in [1.807, 2.05) is 19.1 Å². The van der Waals surface area contributed by atoms with E-state index in [9.17, 15) is 9.18 Å². The van der Waals surface area contributed by atoms with Crippen molar-refractivity contribution in [2.24, 2.45) is 0 Å². The Morgan fingerprint density at radius 2 is 1.83 bits per heavy atom. The van der Waals surface area contributed by atoms with Crippen LogP contribution in [0.25, 0.3) is 0 Å². The SMILES string of the molecule is Cc1ccc(OC(=O)c2ccc(Br)cc2F)cc1. The summed E-state index contributed by atoms with van der Waals surface area (Å²) in [7, 11) is 0. The molecule has 4 heteroatoms. The summed E-state index contributed by atoms with van der Waals surface area (Å²) < 4.78 is 19.2. The molecule has 0 spiro atoms. The minimum Gasteiger partial charge on any atom is -0.423 e. The molecule has 0 N–H and O–H groups in total. The Kier molecular flexibility index (Phi) is 3.77. The molecule has 2 nitrogen and oxygen atoms in total. The van der Waals surface area contributed by atoms with Gasteiger partial charge >= 0.3 is 5.97 Å². The Morgan fingerprint density at radius 3 is 2.44 bits per heavy atom. The molecule has 18 heavy (non-hydrogen) atoms. The van der Waals surface area contributed by atoms with Crippen LogP contribution in [0.3, 0.4) is 0 Å². The first-order valence-electron chi connectivity index (χ1n) is 5.30. The van der Waals surface area contributed by atoms with E-state index < -0.39 is 11.8 Å². The quantitative estimate of drug-likeness (QED) is 0.616. The molecule has 0 aliphatic carbocycles. The van der Waals surface area contributed by atoms with Gasteiger partial charge in [0.25, 0.3) is 0 Å². The first kappa shape index (κ1) is 12.8. The molecule has 0 amide bonds. The molecular formula is C14H10BrFO2. The molecule has 0 radical (unpaired) electrons. The normalized spacial score (nSPS) is 10.2. The van der Waals surface area contributed by atoms with Crippen LogP contribution in [-0.2, 0) is 0 Å². The first-order chi connectivity index (χ1) is 8.56. The van der Waals surface area contributed by atoms with Crippen LogP contribution in [-0.4, -0.2) is 5.97 Å². The summed E-state index contributed by atoms with van der Waals surface area (Å²) in [4.78, 5) is 11.8. The maximum absolute atomic E-state index is 13.5. The van der Waals surface area contributed by atoms with E-state index in [0.29, 0.717) is 10.2 Å². The van der Waals surface area contributed by atoms with Gasteiger partial charge in [0, 0.05) is 4.47 Å². The van der Waals surface area contributed by atoms with Gasteiger partial charge in [-0.05, 0) is 37.3 Å². The van der Waals surface area contributed by atoms with E-state index >= 15 is 0 Å². The molecule has 2 rings (SSSR count). The number of carbonyl (C=O) groups excluding carboxylic acids is 1. The third kappa shape index (κ3) is 2.96. The van der Waals surface area contributed by atoms with E-state index in [2.05, 4.69) is 15.9 Å². The van der Waals surface area contributed by atoms with Crippen LogP contribution >= 0.6 is 15.9 Å². The lowest BCUT2D eigenvalue weighted by molar-refractivity contribution is 0.0730. The fourth-order valence-electron chi connectivity index (χ4n) is 1.42. The van der Waals surface area contributed by atoms with Crippen LogP contribution in [0.15, 0.2) is 46.9 Å². The highest BCUT2D eigenvalue weighted by Gasteiger charge is 2.14. The Balaban J connectivity index is 2.19. The summed E-state index contributed by atoms with van der Waals surface area (Å²) in [6, 6.07) is 11.2. The van der Waals surface area contributed by atoms with E-state index in [1.54, 1.807) is 18.2 Å². The topological polar surface area (TPSA) is 26.3 Å². The lowest BCUT2D eigenvalue weighted by atomic mass is 10.2. The number of hydrogen-bond acceptors (Lipinski definition) is 2. The van der Waals surface area contributed by atoms with Crippen LogP contribution in [0.4, 0.5) is 4.39 Å². The number of ether oxygens (including phenoxy) is 1. The number of aryl methyl sites for hydroxylation is 1. The summed E-state index contributed by atoms with van der Waals surface area (Å²) >= 11 is 3.13. The Bertz CT molecular complexity index is 579. The van der Waals surface area contributed by atoms with Crippen LogP contribution < -0.4 is 4.74 Å². The first-order valence-corrected chi connectivity index (χ1v) is 6.09. The molecular weight excluding hydrogens is 299 g/mol. The summed E-state index contributed by atoms with van der Waals surface area (Å²) in [5.41, 5.74) is 0.975. The minimum atomic E-state index is -0.705. The molecule has 0 bridgehead atoms. The van der Waals surface area contributed by atoms with Crippen molar-refractivity contribution < 1.29 is 13.9 Å². The third-order valence-electron chi connectivity index (χ3n) is 2.38. The van der Waals surface area contributed by atoms with E-state index in [-0.39, 0.29) is 5.56 Å². The predicted octanol–water partition coefficient (Wildman–Crippen LogP) is 4.12. The lowest BCUT2D eigenvalue weighted by Gasteiger charge is -2.05.